The first kappa shape index (κ1) is 37.7. The zero-order chi connectivity index (χ0) is 40.2. The Kier molecular flexibility index (Phi) is 10.6. The maximum atomic E-state index is 12.5. The highest BCUT2D eigenvalue weighted by atomic mass is 16.5. The van der Waals surface area contributed by atoms with Gasteiger partial charge in [0.05, 0.1) is 41.7 Å². The summed E-state index contributed by atoms with van der Waals surface area (Å²) >= 11 is 0. The Morgan fingerprint density at radius 2 is 1.16 bits per heavy atom. The van der Waals surface area contributed by atoms with E-state index in [1.54, 1.807) is 85.8 Å². The second-order valence-corrected chi connectivity index (χ2v) is 13.3. The molecule has 8 rings (SSSR count). The van der Waals surface area contributed by atoms with Gasteiger partial charge in [-0.15, -0.1) is 0 Å². The Labute approximate surface area is 328 Å². The number of hydrogen-bond acceptors (Lipinski definition) is 8. The average Bonchev–Trinajstić information content (AvgIpc) is 3.71. The molecule has 2 aliphatic rings. The monoisotopic (exact) mass is 758 g/mol. The molecule has 0 bridgehead atoms. The van der Waals surface area contributed by atoms with Crippen molar-refractivity contribution >= 4 is 46.4 Å². The molecule has 0 atom stereocenters. The fourth-order valence-corrected chi connectivity index (χ4v) is 6.74. The topological polar surface area (TPSA) is 174 Å². The van der Waals surface area contributed by atoms with Crippen molar-refractivity contribution in [1.29, 1.82) is 0 Å². The summed E-state index contributed by atoms with van der Waals surface area (Å²) in [6.45, 7) is 0.0295. The number of hydrogen-bond donors (Lipinski definition) is 2. The molecular formula is C45H38N6O6. The summed E-state index contributed by atoms with van der Waals surface area (Å²) in [7, 11) is 5.02. The number of primary amides is 2. The minimum atomic E-state index is -0.527. The van der Waals surface area contributed by atoms with Crippen LogP contribution < -0.4 is 26.0 Å². The summed E-state index contributed by atoms with van der Waals surface area (Å²) in [5.74, 6) is -0.0588. The summed E-state index contributed by atoms with van der Waals surface area (Å²) in [6.07, 6.45) is 1.58. The zero-order valence-electron chi connectivity index (χ0n) is 31.4. The van der Waals surface area contributed by atoms with E-state index < -0.39 is 11.8 Å². The average molecular weight is 759 g/mol. The lowest BCUT2D eigenvalue weighted by Gasteiger charge is -2.20. The number of likely N-dealkylation sites (N-methyl/N-ethyl adjacent to an activating group) is 2. The van der Waals surface area contributed by atoms with Crippen molar-refractivity contribution < 1.29 is 28.3 Å². The molecule has 4 N–H and O–H groups in total. The number of furan rings is 1. The molecule has 5 aromatic carbocycles. The summed E-state index contributed by atoms with van der Waals surface area (Å²) in [6, 6.07) is 37.2. The fourth-order valence-electron chi connectivity index (χ4n) is 6.74. The molecule has 6 aromatic rings. The van der Waals surface area contributed by atoms with Crippen molar-refractivity contribution in [2.45, 2.75) is 0 Å². The number of nitrogens with two attached hydrogens (primary N) is 2. The molecule has 12 heteroatoms. The maximum Gasteiger partial charge on any atom is 0.248 e. The molecule has 0 radical (unpaired) electrons. The number of carbonyl (C=O) groups is 4. The molecule has 2 aliphatic heterocycles. The molecule has 1 aromatic heterocycles. The number of nitrogens with zero attached hydrogens (tertiary/aromatic N) is 4. The van der Waals surface area contributed by atoms with Gasteiger partial charge in [-0.25, -0.2) is 0 Å². The van der Waals surface area contributed by atoms with Crippen LogP contribution in [-0.4, -0.2) is 69.3 Å². The van der Waals surface area contributed by atoms with E-state index in [0.29, 0.717) is 45.3 Å². The van der Waals surface area contributed by atoms with Crippen LogP contribution in [0.15, 0.2) is 142 Å². The lowest BCUT2D eigenvalue weighted by molar-refractivity contribution is -0.117. The van der Waals surface area contributed by atoms with Crippen molar-refractivity contribution in [3.63, 3.8) is 0 Å². The number of carbonyl (C=O) groups excluding carboxylic acids is 4. The lowest BCUT2D eigenvalue weighted by atomic mass is 9.95. The molecule has 0 fully saturated rings. The van der Waals surface area contributed by atoms with Crippen molar-refractivity contribution in [2.75, 3.05) is 44.1 Å². The van der Waals surface area contributed by atoms with Crippen LogP contribution in [0, 0.1) is 0 Å². The third-order valence-electron chi connectivity index (χ3n) is 9.78. The number of amides is 4. The van der Waals surface area contributed by atoms with Crippen LogP contribution in [0.5, 0.6) is 5.75 Å². The van der Waals surface area contributed by atoms with Gasteiger partial charge in [0, 0.05) is 53.5 Å². The number of benzodiazepines with no additional fused rings is 2. The predicted molar refractivity (Wildman–Crippen MR) is 220 cm³/mol. The number of fused-ring (bicyclic) bond motifs is 2. The first-order chi connectivity index (χ1) is 27.5. The highest BCUT2D eigenvalue weighted by molar-refractivity contribution is 6.21. The minimum Gasteiger partial charge on any atom is -0.496 e. The third-order valence-corrected chi connectivity index (χ3v) is 9.78. The molecule has 57 heavy (non-hydrogen) atoms. The van der Waals surface area contributed by atoms with Gasteiger partial charge in [-0.1, -0.05) is 60.7 Å². The van der Waals surface area contributed by atoms with E-state index >= 15 is 0 Å². The quantitative estimate of drug-likeness (QED) is 0.198. The Morgan fingerprint density at radius 3 is 1.70 bits per heavy atom. The molecule has 0 unspecified atom stereocenters. The van der Waals surface area contributed by atoms with E-state index in [-0.39, 0.29) is 24.9 Å². The van der Waals surface area contributed by atoms with Gasteiger partial charge in [-0.2, -0.15) is 0 Å². The maximum absolute atomic E-state index is 12.5. The van der Waals surface area contributed by atoms with Crippen LogP contribution in [0.1, 0.15) is 43.0 Å². The van der Waals surface area contributed by atoms with E-state index in [2.05, 4.69) is 9.98 Å². The minimum absolute atomic E-state index is 0.0142. The summed E-state index contributed by atoms with van der Waals surface area (Å²) in [5.41, 5.74) is 20.2. The highest BCUT2D eigenvalue weighted by Crippen LogP contribution is 2.39. The molecule has 3 heterocycles. The molecular weight excluding hydrogens is 721 g/mol. The highest BCUT2D eigenvalue weighted by Gasteiger charge is 2.27. The Morgan fingerprint density at radius 1 is 0.596 bits per heavy atom. The van der Waals surface area contributed by atoms with E-state index in [4.69, 9.17) is 20.6 Å². The van der Waals surface area contributed by atoms with E-state index in [0.717, 1.165) is 39.1 Å². The Bertz CT molecular complexity index is 2600. The van der Waals surface area contributed by atoms with Crippen LogP contribution in [-0.2, 0) is 9.59 Å². The molecule has 0 spiro atoms. The number of ether oxygens (including phenoxy) is 1. The molecule has 0 saturated carbocycles. The first-order valence-electron chi connectivity index (χ1n) is 17.9. The molecule has 284 valence electrons. The lowest BCUT2D eigenvalue weighted by Crippen LogP contribution is -2.27. The van der Waals surface area contributed by atoms with Crippen molar-refractivity contribution in [1.82, 2.24) is 0 Å². The standard InChI is InChI=1S/C23H19N3O2.C22H19N3O4/c1-26-20-11-10-16(15-6-3-2-4-7-15)13-19(20)22(25-14-21(26)27)17-8-5-9-18(12-17)23(24)28;1-25-17-11-19(28-2)16(18-7-4-8-29-18)10-15(17)21(24-12-20(25)26)13-5-3-6-14(9-13)22(23)27/h2-13H,14H2,1H3,(H2,24,28);3-11H,12H2,1-2H3,(H2,23,27). The van der Waals surface area contributed by atoms with Gasteiger partial charge in [0.15, 0.2) is 0 Å². The second-order valence-electron chi connectivity index (χ2n) is 13.3. The van der Waals surface area contributed by atoms with E-state index in [1.165, 1.54) is 0 Å². The number of anilines is 2. The fraction of sp³-hybridized carbons (Fsp3) is 0.111. The van der Waals surface area contributed by atoms with Gasteiger partial charge < -0.3 is 30.4 Å². The van der Waals surface area contributed by atoms with Gasteiger partial charge in [-0.05, 0) is 65.7 Å². The van der Waals surface area contributed by atoms with Gasteiger partial charge in [0.2, 0.25) is 23.6 Å². The van der Waals surface area contributed by atoms with Gasteiger partial charge in [0.25, 0.3) is 0 Å². The van der Waals surface area contributed by atoms with E-state index in [1.807, 2.05) is 72.8 Å². The zero-order valence-corrected chi connectivity index (χ0v) is 31.4. The van der Waals surface area contributed by atoms with Gasteiger partial charge in [-0.3, -0.25) is 29.2 Å². The smallest absolute Gasteiger partial charge is 0.248 e. The largest absolute Gasteiger partial charge is 0.496 e. The molecule has 12 nitrogen and oxygen atoms in total. The van der Waals surface area contributed by atoms with Crippen LogP contribution in [0.25, 0.3) is 22.5 Å². The third kappa shape index (κ3) is 7.69. The summed E-state index contributed by atoms with van der Waals surface area (Å²) < 4.78 is 11.1. The number of methoxy groups -OCH3 is 1. The predicted octanol–water partition coefficient (Wildman–Crippen LogP) is 6.13. The first-order valence-corrected chi connectivity index (χ1v) is 17.9. The van der Waals surface area contributed by atoms with E-state index in [9.17, 15) is 19.2 Å². The summed E-state index contributed by atoms with van der Waals surface area (Å²) in [5, 5.41) is 0. The van der Waals surface area contributed by atoms with Crippen molar-refractivity contribution in [3.8, 4) is 28.2 Å². The van der Waals surface area contributed by atoms with Crippen LogP contribution in [0.4, 0.5) is 11.4 Å². The van der Waals surface area contributed by atoms with Crippen LogP contribution in [0.3, 0.4) is 0 Å². The van der Waals surface area contributed by atoms with Gasteiger partial charge >= 0.3 is 0 Å². The van der Waals surface area contributed by atoms with Crippen LogP contribution >= 0.6 is 0 Å². The number of benzene rings is 5. The SMILES string of the molecule is CN1C(=O)CN=C(c2cccc(C(N)=O)c2)c2cc(-c3ccccc3)ccc21.COc1cc2c(cc1-c1ccco1)C(c1cccc(C(N)=O)c1)=NCC(=O)N2C. The number of aliphatic imine (C=N–C) groups is 2. The van der Waals surface area contributed by atoms with Crippen molar-refractivity contribution in [3.05, 3.63) is 161 Å². The molecule has 4 amide bonds. The Balaban J connectivity index is 0.000000174. The second kappa shape index (κ2) is 16.0. The molecule has 0 saturated heterocycles. The molecule has 0 aliphatic carbocycles. The number of rotatable bonds is 7. The van der Waals surface area contributed by atoms with Crippen LogP contribution in [0.2, 0.25) is 0 Å². The normalized spacial score (nSPS) is 13.5. The van der Waals surface area contributed by atoms with Crippen molar-refractivity contribution in [2.24, 2.45) is 21.5 Å². The van der Waals surface area contributed by atoms with Gasteiger partial charge in [0.1, 0.15) is 24.6 Å². The Hall–Kier alpha value is -7.60. The summed E-state index contributed by atoms with van der Waals surface area (Å²) in [4.78, 5) is 60.5.